The normalized spacial score (nSPS) is 21.2. The van der Waals surface area contributed by atoms with E-state index in [4.69, 9.17) is 5.73 Å². The van der Waals surface area contributed by atoms with Crippen LogP contribution in [0, 0.1) is 5.41 Å². The maximum Gasteiger partial charge on any atom is 0.248 e. The molecule has 0 saturated carbocycles. The van der Waals surface area contributed by atoms with Crippen LogP contribution in [-0.2, 0) is 4.79 Å². The molecule has 1 atom stereocenters. The summed E-state index contributed by atoms with van der Waals surface area (Å²) in [6, 6.07) is 6.39. The van der Waals surface area contributed by atoms with Gasteiger partial charge in [-0.25, -0.2) is 0 Å². The molecule has 2 amide bonds. The Kier molecular flexibility index (Phi) is 4.09. The van der Waals surface area contributed by atoms with Gasteiger partial charge in [-0.05, 0) is 49.1 Å². The van der Waals surface area contributed by atoms with Gasteiger partial charge in [-0.15, -0.1) is 0 Å². The van der Waals surface area contributed by atoms with Crippen molar-refractivity contribution in [3.05, 3.63) is 29.8 Å². The van der Waals surface area contributed by atoms with Crippen LogP contribution in [0.15, 0.2) is 24.3 Å². The molecule has 2 rings (SSSR count). The molecule has 108 valence electrons. The summed E-state index contributed by atoms with van der Waals surface area (Å²) in [6.07, 6.45) is 2.11. The van der Waals surface area contributed by atoms with Gasteiger partial charge in [-0.2, -0.15) is 0 Å². The number of piperidine rings is 1. The van der Waals surface area contributed by atoms with Crippen molar-refractivity contribution in [3.63, 3.8) is 0 Å². The van der Waals surface area contributed by atoms with E-state index in [0.717, 1.165) is 19.4 Å². The maximum atomic E-state index is 12.3. The Morgan fingerprint density at radius 3 is 2.50 bits per heavy atom. The van der Waals surface area contributed by atoms with Gasteiger partial charge in [0.1, 0.15) is 0 Å². The molecule has 0 bridgehead atoms. The minimum atomic E-state index is -0.474. The van der Waals surface area contributed by atoms with Crippen LogP contribution in [0.1, 0.15) is 37.0 Å². The van der Waals surface area contributed by atoms with E-state index in [2.05, 4.69) is 24.5 Å². The summed E-state index contributed by atoms with van der Waals surface area (Å²) >= 11 is 0. The van der Waals surface area contributed by atoms with E-state index in [-0.39, 0.29) is 17.4 Å². The number of nitrogens with two attached hydrogens (primary N) is 1. The molecule has 4 N–H and O–H groups in total. The zero-order valence-electron chi connectivity index (χ0n) is 11.9. The van der Waals surface area contributed by atoms with Crippen LogP contribution in [0.3, 0.4) is 0 Å². The number of nitrogens with one attached hydrogen (secondary N) is 2. The highest BCUT2D eigenvalue weighted by Crippen LogP contribution is 2.30. The zero-order valence-corrected chi connectivity index (χ0v) is 11.9. The Morgan fingerprint density at radius 2 is 1.95 bits per heavy atom. The number of carbonyl (C=O) groups is 2. The van der Waals surface area contributed by atoms with Gasteiger partial charge in [0, 0.05) is 11.3 Å². The molecule has 0 radical (unpaired) electrons. The van der Waals surface area contributed by atoms with Crippen LogP contribution < -0.4 is 16.4 Å². The molecule has 0 spiro atoms. The summed E-state index contributed by atoms with van der Waals surface area (Å²) in [5.41, 5.74) is 6.22. The van der Waals surface area contributed by atoms with Gasteiger partial charge in [0.2, 0.25) is 11.8 Å². The van der Waals surface area contributed by atoms with E-state index in [9.17, 15) is 9.59 Å². The Balaban J connectivity index is 2.05. The molecular weight excluding hydrogens is 254 g/mol. The highest BCUT2D eigenvalue weighted by molar-refractivity contribution is 5.97. The molecule has 1 aromatic rings. The van der Waals surface area contributed by atoms with E-state index in [1.807, 2.05) is 0 Å². The lowest BCUT2D eigenvalue weighted by atomic mass is 9.77. The highest BCUT2D eigenvalue weighted by atomic mass is 16.2. The molecule has 5 nitrogen and oxygen atoms in total. The molecule has 1 aliphatic rings. The third-order valence-corrected chi connectivity index (χ3v) is 3.83. The van der Waals surface area contributed by atoms with Crippen molar-refractivity contribution in [2.75, 3.05) is 11.9 Å². The Bertz CT molecular complexity index is 508. The van der Waals surface area contributed by atoms with E-state index in [0.29, 0.717) is 11.3 Å². The summed E-state index contributed by atoms with van der Waals surface area (Å²) in [5, 5.41) is 6.15. The highest BCUT2D eigenvalue weighted by Gasteiger charge is 2.36. The van der Waals surface area contributed by atoms with E-state index in [1.165, 1.54) is 0 Å². The maximum absolute atomic E-state index is 12.3. The van der Waals surface area contributed by atoms with E-state index >= 15 is 0 Å². The first-order valence-electron chi connectivity index (χ1n) is 6.84. The first-order valence-corrected chi connectivity index (χ1v) is 6.84. The van der Waals surface area contributed by atoms with Crippen molar-refractivity contribution in [2.24, 2.45) is 11.1 Å². The number of rotatable bonds is 3. The fraction of sp³-hybridized carbons (Fsp3) is 0.467. The third-order valence-electron chi connectivity index (χ3n) is 3.83. The van der Waals surface area contributed by atoms with E-state index in [1.54, 1.807) is 24.3 Å². The summed E-state index contributed by atoms with van der Waals surface area (Å²) < 4.78 is 0. The molecule has 0 aromatic heterocycles. The largest absolute Gasteiger partial charge is 0.366 e. The van der Waals surface area contributed by atoms with Crippen LogP contribution in [-0.4, -0.2) is 24.4 Å². The Hall–Kier alpha value is -1.88. The predicted molar refractivity (Wildman–Crippen MR) is 78.4 cm³/mol. The minimum Gasteiger partial charge on any atom is -0.366 e. The lowest BCUT2D eigenvalue weighted by molar-refractivity contribution is -0.121. The Morgan fingerprint density at radius 1 is 1.30 bits per heavy atom. The van der Waals surface area contributed by atoms with Crippen molar-refractivity contribution < 1.29 is 9.59 Å². The molecule has 20 heavy (non-hydrogen) atoms. The van der Waals surface area contributed by atoms with Gasteiger partial charge in [-0.3, -0.25) is 9.59 Å². The van der Waals surface area contributed by atoms with Crippen LogP contribution in [0.25, 0.3) is 0 Å². The second-order valence-corrected chi connectivity index (χ2v) is 5.91. The van der Waals surface area contributed by atoms with Gasteiger partial charge in [0.25, 0.3) is 0 Å². The molecule has 1 aromatic carbocycles. The van der Waals surface area contributed by atoms with E-state index < -0.39 is 5.91 Å². The lowest BCUT2D eigenvalue weighted by Gasteiger charge is -2.38. The topological polar surface area (TPSA) is 84.2 Å². The lowest BCUT2D eigenvalue weighted by Crippen LogP contribution is -2.53. The standard InChI is InChI=1S/C15H21N3O2/c1-15(2)8-3-9-17-12(15)14(20)18-11-6-4-10(5-7-11)13(16)19/h4-7,12,17H,3,8-9H2,1-2H3,(H2,16,19)(H,18,20). The summed E-state index contributed by atoms with van der Waals surface area (Å²) in [5.74, 6) is -0.514. The number of primary amides is 1. The molecule has 1 fully saturated rings. The number of hydrogen-bond donors (Lipinski definition) is 3. The predicted octanol–water partition coefficient (Wildman–Crippen LogP) is 1.50. The van der Waals surface area contributed by atoms with Gasteiger partial charge in [0.05, 0.1) is 6.04 Å². The van der Waals surface area contributed by atoms with Gasteiger partial charge in [-0.1, -0.05) is 13.8 Å². The van der Waals surface area contributed by atoms with Crippen LogP contribution >= 0.6 is 0 Å². The SMILES string of the molecule is CC1(C)CCCNC1C(=O)Nc1ccc(C(N)=O)cc1. The molecule has 1 heterocycles. The fourth-order valence-corrected chi connectivity index (χ4v) is 2.59. The van der Waals surface area contributed by atoms with Crippen LogP contribution in [0.4, 0.5) is 5.69 Å². The average Bonchev–Trinajstić information content (AvgIpc) is 2.38. The summed E-state index contributed by atoms with van der Waals surface area (Å²) in [4.78, 5) is 23.3. The second kappa shape index (κ2) is 5.63. The molecule has 5 heteroatoms. The summed E-state index contributed by atoms with van der Waals surface area (Å²) in [6.45, 7) is 5.06. The van der Waals surface area contributed by atoms with Crippen molar-refractivity contribution >= 4 is 17.5 Å². The van der Waals surface area contributed by atoms with Crippen molar-refractivity contribution in [1.82, 2.24) is 5.32 Å². The second-order valence-electron chi connectivity index (χ2n) is 5.91. The van der Waals surface area contributed by atoms with Crippen molar-refractivity contribution in [1.29, 1.82) is 0 Å². The molecule has 1 saturated heterocycles. The van der Waals surface area contributed by atoms with Crippen molar-refractivity contribution in [2.45, 2.75) is 32.7 Å². The third kappa shape index (κ3) is 3.17. The van der Waals surface area contributed by atoms with Gasteiger partial charge < -0.3 is 16.4 Å². The van der Waals surface area contributed by atoms with Gasteiger partial charge in [0.15, 0.2) is 0 Å². The van der Waals surface area contributed by atoms with Crippen molar-refractivity contribution in [3.8, 4) is 0 Å². The first kappa shape index (κ1) is 14.5. The molecular formula is C15H21N3O2. The zero-order chi connectivity index (χ0) is 14.8. The smallest absolute Gasteiger partial charge is 0.248 e. The van der Waals surface area contributed by atoms with Gasteiger partial charge >= 0.3 is 0 Å². The molecule has 0 aliphatic carbocycles. The number of anilines is 1. The number of hydrogen-bond acceptors (Lipinski definition) is 3. The molecule has 1 unspecified atom stereocenters. The van der Waals surface area contributed by atoms with Crippen LogP contribution in [0.5, 0.6) is 0 Å². The molecule has 1 aliphatic heterocycles. The number of amides is 2. The number of carbonyl (C=O) groups excluding carboxylic acids is 2. The average molecular weight is 275 g/mol. The minimum absolute atomic E-state index is 0.0403. The number of benzene rings is 1. The summed E-state index contributed by atoms with van der Waals surface area (Å²) in [7, 11) is 0. The fourth-order valence-electron chi connectivity index (χ4n) is 2.59. The monoisotopic (exact) mass is 275 g/mol. The Labute approximate surface area is 118 Å². The quantitative estimate of drug-likeness (QED) is 0.781. The van der Waals surface area contributed by atoms with Crippen LogP contribution in [0.2, 0.25) is 0 Å². The first-order chi connectivity index (χ1) is 9.40.